The Morgan fingerprint density at radius 2 is 2.12 bits per heavy atom. The van der Waals surface area contributed by atoms with Crippen molar-refractivity contribution in [2.24, 2.45) is 0 Å². The fraction of sp³-hybridized carbons (Fsp3) is 0.562. The number of aromatic nitrogens is 4. The number of hydrogen-bond donors (Lipinski definition) is 1. The van der Waals surface area contributed by atoms with E-state index in [4.69, 9.17) is 0 Å². The number of nitrogens with zero attached hydrogens (tertiary/aromatic N) is 5. The second-order valence-electron chi connectivity index (χ2n) is 6.64. The quantitative estimate of drug-likeness (QED) is 0.866. The van der Waals surface area contributed by atoms with Crippen LogP contribution in [0, 0.1) is 0 Å². The molecule has 8 nitrogen and oxygen atoms in total. The second-order valence-corrected chi connectivity index (χ2v) is 8.62. The molecule has 2 aromatic heterocycles. The molecule has 0 aromatic carbocycles. The summed E-state index contributed by atoms with van der Waals surface area (Å²) in [6.07, 6.45) is 5.37. The van der Waals surface area contributed by atoms with E-state index in [0.717, 1.165) is 35.7 Å². The van der Waals surface area contributed by atoms with Crippen LogP contribution in [0.25, 0.3) is 0 Å². The molecule has 1 aliphatic rings. The van der Waals surface area contributed by atoms with Crippen LogP contribution in [0.2, 0.25) is 0 Å². The van der Waals surface area contributed by atoms with Crippen LogP contribution < -0.4 is 5.32 Å². The summed E-state index contributed by atoms with van der Waals surface area (Å²) in [6, 6.07) is 1.97. The first-order chi connectivity index (χ1) is 11.8. The fourth-order valence-corrected chi connectivity index (χ4v) is 3.77. The number of rotatable bonds is 5. The van der Waals surface area contributed by atoms with Crippen LogP contribution in [0.3, 0.4) is 0 Å². The van der Waals surface area contributed by atoms with Gasteiger partial charge < -0.3 is 5.32 Å². The number of aryl methyl sites for hydroxylation is 1. The predicted octanol–water partition coefficient (Wildman–Crippen LogP) is 1.57. The van der Waals surface area contributed by atoms with Crippen molar-refractivity contribution in [3.05, 3.63) is 35.5 Å². The van der Waals surface area contributed by atoms with Gasteiger partial charge in [0.2, 0.25) is 10.0 Å². The lowest BCUT2D eigenvalue weighted by Gasteiger charge is -2.16. The Hall–Kier alpha value is -2.00. The van der Waals surface area contributed by atoms with E-state index in [1.807, 2.05) is 16.9 Å². The molecule has 0 bridgehead atoms. The molecule has 0 unspecified atom stereocenters. The zero-order valence-electron chi connectivity index (χ0n) is 14.8. The van der Waals surface area contributed by atoms with Gasteiger partial charge in [-0.25, -0.2) is 18.4 Å². The van der Waals surface area contributed by atoms with E-state index >= 15 is 0 Å². The molecule has 25 heavy (non-hydrogen) atoms. The molecule has 0 spiro atoms. The van der Waals surface area contributed by atoms with Gasteiger partial charge in [0.1, 0.15) is 12.1 Å². The van der Waals surface area contributed by atoms with E-state index in [9.17, 15) is 8.42 Å². The monoisotopic (exact) mass is 364 g/mol. The lowest BCUT2D eigenvalue weighted by atomic mass is 10.1. The Kier molecular flexibility index (Phi) is 5.05. The summed E-state index contributed by atoms with van der Waals surface area (Å²) in [4.78, 5) is 8.39. The highest BCUT2D eigenvalue weighted by Crippen LogP contribution is 2.21. The third kappa shape index (κ3) is 4.16. The van der Waals surface area contributed by atoms with Crippen LogP contribution in [-0.2, 0) is 29.7 Å². The molecular weight excluding hydrogens is 340 g/mol. The zero-order valence-corrected chi connectivity index (χ0v) is 15.6. The molecule has 1 N–H and O–H groups in total. The molecule has 3 heterocycles. The lowest BCUT2D eigenvalue weighted by molar-refractivity contribution is 0.414. The van der Waals surface area contributed by atoms with Crippen LogP contribution in [0.5, 0.6) is 0 Å². The van der Waals surface area contributed by atoms with Crippen LogP contribution in [0.1, 0.15) is 43.1 Å². The minimum Gasteiger partial charge on any atom is -0.364 e. The molecule has 0 saturated heterocycles. The van der Waals surface area contributed by atoms with Gasteiger partial charge in [-0.1, -0.05) is 13.8 Å². The Balaban J connectivity index is 1.74. The molecule has 2 aromatic rings. The normalized spacial score (nSPS) is 15.8. The number of nitrogens with one attached hydrogen (secondary N) is 1. The molecule has 9 heteroatoms. The van der Waals surface area contributed by atoms with E-state index in [0.29, 0.717) is 25.6 Å². The highest BCUT2D eigenvalue weighted by atomic mass is 32.2. The average Bonchev–Trinajstić information content (AvgIpc) is 2.82. The highest BCUT2D eigenvalue weighted by Gasteiger charge is 2.22. The van der Waals surface area contributed by atoms with Gasteiger partial charge in [0, 0.05) is 24.8 Å². The molecule has 1 aliphatic heterocycles. The van der Waals surface area contributed by atoms with Crippen molar-refractivity contribution >= 4 is 15.8 Å². The Morgan fingerprint density at radius 3 is 2.84 bits per heavy atom. The molecule has 136 valence electrons. The van der Waals surface area contributed by atoms with Crippen molar-refractivity contribution in [2.45, 2.75) is 45.8 Å². The second kappa shape index (κ2) is 7.09. The van der Waals surface area contributed by atoms with Gasteiger partial charge in [0.15, 0.2) is 0 Å². The minimum atomic E-state index is -3.19. The Bertz CT molecular complexity index is 846. The highest BCUT2D eigenvalue weighted by molar-refractivity contribution is 7.88. The SMILES string of the molecule is CC(C)c1cncnc1NCc1cc2n(n1)CCCN(S(C)(=O)=O)C2. The van der Waals surface area contributed by atoms with Gasteiger partial charge in [-0.15, -0.1) is 0 Å². The molecule has 0 radical (unpaired) electrons. The first kappa shape index (κ1) is 17.8. The zero-order chi connectivity index (χ0) is 18.0. The topological polar surface area (TPSA) is 93.0 Å². The van der Waals surface area contributed by atoms with Crippen molar-refractivity contribution < 1.29 is 8.42 Å². The molecule has 0 saturated carbocycles. The van der Waals surface area contributed by atoms with Gasteiger partial charge in [-0.3, -0.25) is 4.68 Å². The Labute approximate surface area is 148 Å². The van der Waals surface area contributed by atoms with Gasteiger partial charge in [0.05, 0.1) is 30.7 Å². The maximum absolute atomic E-state index is 11.8. The maximum atomic E-state index is 11.8. The smallest absolute Gasteiger partial charge is 0.211 e. The molecule has 0 atom stereocenters. The van der Waals surface area contributed by atoms with Gasteiger partial charge in [-0.2, -0.15) is 9.40 Å². The Morgan fingerprint density at radius 1 is 1.32 bits per heavy atom. The fourth-order valence-electron chi connectivity index (χ4n) is 2.95. The third-order valence-corrected chi connectivity index (χ3v) is 5.55. The molecule has 0 fully saturated rings. The van der Waals surface area contributed by atoms with E-state index in [1.165, 1.54) is 16.9 Å². The van der Waals surface area contributed by atoms with Gasteiger partial charge in [-0.05, 0) is 18.4 Å². The van der Waals surface area contributed by atoms with Crippen LogP contribution >= 0.6 is 0 Å². The largest absolute Gasteiger partial charge is 0.364 e. The van der Waals surface area contributed by atoms with E-state index in [2.05, 4.69) is 34.2 Å². The summed E-state index contributed by atoms with van der Waals surface area (Å²) in [7, 11) is -3.19. The summed E-state index contributed by atoms with van der Waals surface area (Å²) in [5.41, 5.74) is 2.86. The van der Waals surface area contributed by atoms with Gasteiger partial charge in [0.25, 0.3) is 0 Å². The van der Waals surface area contributed by atoms with E-state index in [-0.39, 0.29) is 0 Å². The van der Waals surface area contributed by atoms with Crippen LogP contribution in [0.4, 0.5) is 5.82 Å². The van der Waals surface area contributed by atoms with Crippen molar-refractivity contribution in [1.29, 1.82) is 0 Å². The molecule has 3 rings (SSSR count). The lowest BCUT2D eigenvalue weighted by Crippen LogP contribution is -2.29. The van der Waals surface area contributed by atoms with Crippen molar-refractivity contribution in [2.75, 3.05) is 18.1 Å². The molecular formula is C16H24N6O2S. The van der Waals surface area contributed by atoms with Crippen LogP contribution in [0.15, 0.2) is 18.6 Å². The van der Waals surface area contributed by atoms with Gasteiger partial charge >= 0.3 is 0 Å². The van der Waals surface area contributed by atoms with Crippen molar-refractivity contribution in [3.8, 4) is 0 Å². The number of anilines is 1. The van der Waals surface area contributed by atoms with Crippen molar-refractivity contribution in [1.82, 2.24) is 24.1 Å². The average molecular weight is 364 g/mol. The third-order valence-electron chi connectivity index (χ3n) is 4.30. The van der Waals surface area contributed by atoms with Crippen molar-refractivity contribution in [3.63, 3.8) is 0 Å². The summed E-state index contributed by atoms with van der Waals surface area (Å²) >= 11 is 0. The molecule has 0 amide bonds. The minimum absolute atomic E-state index is 0.325. The standard InChI is InChI=1S/C16H24N6O2S/c1-12(2)15-9-17-11-19-16(15)18-8-13-7-14-10-21(25(3,23)24)5-4-6-22(14)20-13/h7,9,11-12H,4-6,8,10H2,1-3H3,(H,17,18,19). The van der Waals surface area contributed by atoms with Crippen LogP contribution in [-0.4, -0.2) is 45.3 Å². The summed E-state index contributed by atoms with van der Waals surface area (Å²) in [5, 5.41) is 7.92. The first-order valence-corrected chi connectivity index (χ1v) is 10.2. The maximum Gasteiger partial charge on any atom is 0.211 e. The van der Waals surface area contributed by atoms with E-state index < -0.39 is 10.0 Å². The number of hydrogen-bond acceptors (Lipinski definition) is 6. The summed E-state index contributed by atoms with van der Waals surface area (Å²) < 4.78 is 27.1. The predicted molar refractivity (Wildman–Crippen MR) is 95.5 cm³/mol. The number of sulfonamides is 1. The van der Waals surface area contributed by atoms with E-state index in [1.54, 1.807) is 0 Å². The number of fused-ring (bicyclic) bond motifs is 1. The molecule has 0 aliphatic carbocycles. The summed E-state index contributed by atoms with van der Waals surface area (Å²) in [6.45, 7) is 6.37. The first-order valence-electron chi connectivity index (χ1n) is 8.39. The summed E-state index contributed by atoms with van der Waals surface area (Å²) in [5.74, 6) is 1.14.